The molecule has 3 N–H and O–H groups in total. The van der Waals surface area contributed by atoms with Crippen molar-refractivity contribution in [2.24, 2.45) is 5.73 Å². The number of benzene rings is 2. The minimum absolute atomic E-state index is 0.412. The van der Waals surface area contributed by atoms with Crippen LogP contribution in [0.4, 0.5) is 5.69 Å². The first-order chi connectivity index (χ1) is 9.69. The number of anilines is 1. The molecule has 20 heavy (non-hydrogen) atoms. The van der Waals surface area contributed by atoms with Gasteiger partial charge in [-0.2, -0.15) is 0 Å². The Labute approximate surface area is 118 Å². The number of ether oxygens (including phenoxy) is 1. The van der Waals surface area contributed by atoms with Crippen LogP contribution < -0.4 is 11.1 Å². The van der Waals surface area contributed by atoms with E-state index in [4.69, 9.17) is 10.5 Å². The van der Waals surface area contributed by atoms with E-state index in [1.165, 1.54) is 5.56 Å². The van der Waals surface area contributed by atoms with Gasteiger partial charge in [-0.3, -0.25) is 4.79 Å². The van der Waals surface area contributed by atoms with E-state index in [0.29, 0.717) is 12.2 Å². The van der Waals surface area contributed by atoms with Crippen LogP contribution in [0.5, 0.6) is 0 Å². The molecule has 0 aliphatic carbocycles. The highest BCUT2D eigenvalue weighted by Crippen LogP contribution is 2.12. The topological polar surface area (TPSA) is 64.3 Å². The second-order valence-corrected chi connectivity index (χ2v) is 4.54. The van der Waals surface area contributed by atoms with Crippen molar-refractivity contribution < 1.29 is 9.53 Å². The standard InChI is InChI=1S/C16H18N2O2/c1-20-11-13-4-2-12(3-5-13)10-18-15-8-6-14(7-9-15)16(17)19/h2-9,18H,10-11H2,1H3,(H2,17,19). The summed E-state index contributed by atoms with van der Waals surface area (Å²) >= 11 is 0. The van der Waals surface area contributed by atoms with Crippen LogP contribution in [0, 0.1) is 0 Å². The molecule has 2 aromatic rings. The summed E-state index contributed by atoms with van der Waals surface area (Å²) in [5.74, 6) is -0.412. The Bertz CT molecular complexity index is 562. The smallest absolute Gasteiger partial charge is 0.248 e. The molecule has 0 heterocycles. The molecule has 2 aromatic carbocycles. The number of hydrogen-bond acceptors (Lipinski definition) is 3. The molecule has 4 heteroatoms. The van der Waals surface area contributed by atoms with Crippen molar-refractivity contribution in [2.45, 2.75) is 13.2 Å². The van der Waals surface area contributed by atoms with Gasteiger partial charge in [0, 0.05) is 24.9 Å². The molecule has 0 radical (unpaired) electrons. The van der Waals surface area contributed by atoms with Gasteiger partial charge in [-0.25, -0.2) is 0 Å². The number of rotatable bonds is 6. The molecular weight excluding hydrogens is 252 g/mol. The number of methoxy groups -OCH3 is 1. The maximum atomic E-state index is 11.0. The number of amides is 1. The Hall–Kier alpha value is -2.33. The number of nitrogens with two attached hydrogens (primary N) is 1. The minimum atomic E-state index is -0.412. The maximum Gasteiger partial charge on any atom is 0.248 e. The monoisotopic (exact) mass is 270 g/mol. The zero-order valence-electron chi connectivity index (χ0n) is 11.4. The third-order valence-electron chi connectivity index (χ3n) is 3.00. The van der Waals surface area contributed by atoms with Crippen molar-refractivity contribution in [1.29, 1.82) is 0 Å². The van der Waals surface area contributed by atoms with Crippen molar-refractivity contribution in [3.05, 3.63) is 65.2 Å². The van der Waals surface area contributed by atoms with Crippen LogP contribution in [0.2, 0.25) is 0 Å². The van der Waals surface area contributed by atoms with Gasteiger partial charge in [0.2, 0.25) is 5.91 Å². The molecular formula is C16H18N2O2. The normalized spacial score (nSPS) is 10.2. The molecule has 0 aliphatic rings. The van der Waals surface area contributed by atoms with Crippen molar-refractivity contribution in [2.75, 3.05) is 12.4 Å². The molecule has 0 fully saturated rings. The van der Waals surface area contributed by atoms with Crippen molar-refractivity contribution in [3.63, 3.8) is 0 Å². The van der Waals surface area contributed by atoms with Crippen LogP contribution in [-0.2, 0) is 17.9 Å². The molecule has 0 spiro atoms. The molecule has 0 atom stereocenters. The zero-order valence-corrected chi connectivity index (χ0v) is 11.4. The number of carbonyl (C=O) groups is 1. The highest BCUT2D eigenvalue weighted by Gasteiger charge is 2.00. The van der Waals surface area contributed by atoms with Crippen molar-refractivity contribution in [1.82, 2.24) is 0 Å². The summed E-state index contributed by atoms with van der Waals surface area (Å²) in [6.07, 6.45) is 0. The van der Waals surface area contributed by atoms with Crippen molar-refractivity contribution in [3.8, 4) is 0 Å². The highest BCUT2D eigenvalue weighted by atomic mass is 16.5. The fourth-order valence-electron chi connectivity index (χ4n) is 1.88. The third kappa shape index (κ3) is 3.83. The Kier molecular flexibility index (Phi) is 4.74. The number of primary amides is 1. The van der Waals surface area contributed by atoms with E-state index in [-0.39, 0.29) is 0 Å². The van der Waals surface area contributed by atoms with Crippen LogP contribution in [0.3, 0.4) is 0 Å². The quantitative estimate of drug-likeness (QED) is 0.847. The summed E-state index contributed by atoms with van der Waals surface area (Å²) in [7, 11) is 1.69. The second kappa shape index (κ2) is 6.73. The molecule has 0 aliphatic heterocycles. The molecule has 0 unspecified atom stereocenters. The minimum Gasteiger partial charge on any atom is -0.381 e. The number of nitrogens with one attached hydrogen (secondary N) is 1. The fraction of sp³-hybridized carbons (Fsp3) is 0.188. The van der Waals surface area contributed by atoms with E-state index >= 15 is 0 Å². The third-order valence-corrected chi connectivity index (χ3v) is 3.00. The Morgan fingerprint density at radius 3 is 2.20 bits per heavy atom. The molecule has 104 valence electrons. The van der Waals surface area contributed by atoms with Gasteiger partial charge in [-0.05, 0) is 35.4 Å². The summed E-state index contributed by atoms with van der Waals surface area (Å²) in [5, 5.41) is 3.30. The average molecular weight is 270 g/mol. The highest BCUT2D eigenvalue weighted by molar-refractivity contribution is 5.93. The van der Waals surface area contributed by atoms with E-state index in [9.17, 15) is 4.79 Å². The molecule has 0 saturated heterocycles. The largest absolute Gasteiger partial charge is 0.381 e. The maximum absolute atomic E-state index is 11.0. The Balaban J connectivity index is 1.92. The first-order valence-corrected chi connectivity index (χ1v) is 6.39. The summed E-state index contributed by atoms with van der Waals surface area (Å²) in [4.78, 5) is 11.0. The Morgan fingerprint density at radius 2 is 1.65 bits per heavy atom. The van der Waals surface area contributed by atoms with Gasteiger partial charge in [-0.15, -0.1) is 0 Å². The first kappa shape index (κ1) is 14.1. The number of carbonyl (C=O) groups excluding carboxylic acids is 1. The van der Waals surface area contributed by atoms with Crippen LogP contribution >= 0.6 is 0 Å². The van der Waals surface area contributed by atoms with Gasteiger partial charge < -0.3 is 15.8 Å². The summed E-state index contributed by atoms with van der Waals surface area (Å²) in [6.45, 7) is 1.35. The Morgan fingerprint density at radius 1 is 1.05 bits per heavy atom. The van der Waals surface area contributed by atoms with Gasteiger partial charge in [0.25, 0.3) is 0 Å². The SMILES string of the molecule is COCc1ccc(CNc2ccc(C(N)=O)cc2)cc1. The molecule has 0 saturated carbocycles. The van der Waals surface area contributed by atoms with E-state index in [2.05, 4.69) is 29.6 Å². The summed E-state index contributed by atoms with van der Waals surface area (Å²) in [5.41, 5.74) is 9.00. The summed E-state index contributed by atoms with van der Waals surface area (Å²) in [6, 6.07) is 15.4. The van der Waals surface area contributed by atoms with Crippen LogP contribution in [0.25, 0.3) is 0 Å². The molecule has 1 amide bonds. The predicted molar refractivity (Wildman–Crippen MR) is 79.4 cm³/mol. The predicted octanol–water partition coefficient (Wildman–Crippen LogP) is 2.54. The van der Waals surface area contributed by atoms with E-state index in [0.717, 1.165) is 17.8 Å². The van der Waals surface area contributed by atoms with Crippen LogP contribution in [0.15, 0.2) is 48.5 Å². The van der Waals surface area contributed by atoms with Gasteiger partial charge in [0.05, 0.1) is 6.61 Å². The van der Waals surface area contributed by atoms with Crippen molar-refractivity contribution >= 4 is 11.6 Å². The lowest BCUT2D eigenvalue weighted by Crippen LogP contribution is -2.10. The lowest BCUT2D eigenvalue weighted by molar-refractivity contribution is 0.100. The lowest BCUT2D eigenvalue weighted by atomic mass is 10.1. The molecule has 0 bridgehead atoms. The fourth-order valence-corrected chi connectivity index (χ4v) is 1.88. The lowest BCUT2D eigenvalue weighted by Gasteiger charge is -2.08. The first-order valence-electron chi connectivity index (χ1n) is 6.39. The van der Waals surface area contributed by atoms with Gasteiger partial charge in [-0.1, -0.05) is 24.3 Å². The van der Waals surface area contributed by atoms with Gasteiger partial charge >= 0.3 is 0 Å². The van der Waals surface area contributed by atoms with Gasteiger partial charge in [0.15, 0.2) is 0 Å². The van der Waals surface area contributed by atoms with Crippen LogP contribution in [0.1, 0.15) is 21.5 Å². The number of hydrogen-bond donors (Lipinski definition) is 2. The van der Waals surface area contributed by atoms with E-state index in [1.807, 2.05) is 12.1 Å². The van der Waals surface area contributed by atoms with E-state index in [1.54, 1.807) is 19.2 Å². The zero-order chi connectivity index (χ0) is 14.4. The van der Waals surface area contributed by atoms with E-state index < -0.39 is 5.91 Å². The molecule has 0 aromatic heterocycles. The van der Waals surface area contributed by atoms with Crippen LogP contribution in [-0.4, -0.2) is 13.0 Å². The summed E-state index contributed by atoms with van der Waals surface area (Å²) < 4.78 is 5.07. The van der Waals surface area contributed by atoms with Gasteiger partial charge in [0.1, 0.15) is 0 Å². The molecule has 2 rings (SSSR count). The molecule has 4 nitrogen and oxygen atoms in total. The average Bonchev–Trinajstić information content (AvgIpc) is 2.47. The second-order valence-electron chi connectivity index (χ2n) is 4.54.